The van der Waals surface area contributed by atoms with Gasteiger partial charge in [-0.15, -0.1) is 0 Å². The number of halogens is 3. The Bertz CT molecular complexity index is 896. The maximum atomic E-state index is 13.0. The largest absolute Gasteiger partial charge is 0.418 e. The summed E-state index contributed by atoms with van der Waals surface area (Å²) in [5.74, 6) is -0.504. The van der Waals surface area contributed by atoms with E-state index in [1.54, 1.807) is 18.2 Å². The Morgan fingerprint density at radius 3 is 2.38 bits per heavy atom. The molecule has 0 atom stereocenters. The molecule has 2 aromatic carbocycles. The Labute approximate surface area is 164 Å². The highest BCUT2D eigenvalue weighted by atomic mass is 19.4. The molecule has 154 valence electrons. The van der Waals surface area contributed by atoms with Crippen molar-refractivity contribution >= 4 is 23.0 Å². The summed E-state index contributed by atoms with van der Waals surface area (Å²) in [5.41, 5.74) is -0.593. The fourth-order valence-electron chi connectivity index (χ4n) is 3.39. The molecule has 10 heteroatoms. The molecular formula is C19H20F3N4O3+. The summed E-state index contributed by atoms with van der Waals surface area (Å²) in [5, 5.41) is 13.5. The topological polar surface area (TPSA) is 79.9 Å². The zero-order valence-corrected chi connectivity index (χ0v) is 15.4. The summed E-state index contributed by atoms with van der Waals surface area (Å²) in [7, 11) is 0. The number of carbonyl (C=O) groups is 1. The van der Waals surface area contributed by atoms with Gasteiger partial charge < -0.3 is 15.1 Å². The van der Waals surface area contributed by atoms with E-state index in [-0.39, 0.29) is 17.9 Å². The van der Waals surface area contributed by atoms with E-state index in [1.165, 1.54) is 24.3 Å². The molecule has 1 aliphatic rings. The highest BCUT2D eigenvalue weighted by molar-refractivity contribution is 5.92. The Balaban J connectivity index is 1.58. The van der Waals surface area contributed by atoms with Crippen LogP contribution in [0.5, 0.6) is 0 Å². The Morgan fingerprint density at radius 1 is 1.10 bits per heavy atom. The maximum Gasteiger partial charge on any atom is 0.418 e. The third-order valence-corrected chi connectivity index (χ3v) is 4.81. The molecule has 7 nitrogen and oxygen atoms in total. The molecule has 1 aliphatic heterocycles. The molecule has 1 fully saturated rings. The minimum absolute atomic E-state index is 0.0247. The van der Waals surface area contributed by atoms with Crippen LogP contribution in [-0.4, -0.2) is 43.6 Å². The fourth-order valence-corrected chi connectivity index (χ4v) is 3.39. The molecule has 1 heterocycles. The van der Waals surface area contributed by atoms with Crippen molar-refractivity contribution in [3.8, 4) is 0 Å². The molecular weight excluding hydrogens is 389 g/mol. The number of carbonyl (C=O) groups excluding carboxylic acids is 1. The number of piperazine rings is 1. The number of nitrogens with zero attached hydrogens (tertiary/aromatic N) is 2. The molecule has 2 aromatic rings. The summed E-state index contributed by atoms with van der Waals surface area (Å²) < 4.78 is 39.1. The minimum atomic E-state index is -4.55. The number of anilines is 2. The summed E-state index contributed by atoms with van der Waals surface area (Å²) in [4.78, 5) is 25.8. The average Bonchev–Trinajstić information content (AvgIpc) is 2.68. The van der Waals surface area contributed by atoms with Crippen LogP contribution < -0.4 is 15.1 Å². The highest BCUT2D eigenvalue weighted by Crippen LogP contribution is 2.34. The Kier molecular flexibility index (Phi) is 6.02. The first-order chi connectivity index (χ1) is 13.8. The predicted molar refractivity (Wildman–Crippen MR) is 101 cm³/mol. The minimum Gasteiger partial charge on any atom is -0.355 e. The maximum absolute atomic E-state index is 13.0. The lowest BCUT2D eigenvalue weighted by Crippen LogP contribution is -3.15. The molecule has 2 N–H and O–H groups in total. The third-order valence-electron chi connectivity index (χ3n) is 4.81. The van der Waals surface area contributed by atoms with Gasteiger partial charge in [0.1, 0.15) is 5.69 Å². The second-order valence-corrected chi connectivity index (χ2v) is 6.75. The van der Waals surface area contributed by atoms with Gasteiger partial charge in [-0.3, -0.25) is 14.9 Å². The number of nitrogens with one attached hydrogen (secondary N) is 2. The zero-order valence-electron chi connectivity index (χ0n) is 15.4. The number of amides is 1. The van der Waals surface area contributed by atoms with E-state index in [9.17, 15) is 28.1 Å². The van der Waals surface area contributed by atoms with Crippen LogP contribution >= 0.6 is 0 Å². The normalized spacial score (nSPS) is 15.2. The van der Waals surface area contributed by atoms with Gasteiger partial charge in [0.15, 0.2) is 6.54 Å². The van der Waals surface area contributed by atoms with Gasteiger partial charge in [-0.25, -0.2) is 0 Å². The van der Waals surface area contributed by atoms with Gasteiger partial charge in [0, 0.05) is 6.07 Å². The molecule has 0 aromatic heterocycles. The van der Waals surface area contributed by atoms with Crippen molar-refractivity contribution in [1.82, 2.24) is 0 Å². The van der Waals surface area contributed by atoms with Crippen LogP contribution in [0.4, 0.5) is 30.2 Å². The van der Waals surface area contributed by atoms with E-state index in [4.69, 9.17) is 0 Å². The van der Waals surface area contributed by atoms with E-state index in [0.29, 0.717) is 31.9 Å². The van der Waals surface area contributed by atoms with E-state index >= 15 is 0 Å². The fraction of sp³-hybridized carbons (Fsp3) is 0.316. The van der Waals surface area contributed by atoms with Crippen molar-refractivity contribution in [2.75, 3.05) is 42.9 Å². The van der Waals surface area contributed by atoms with E-state index < -0.39 is 22.6 Å². The summed E-state index contributed by atoms with van der Waals surface area (Å²) in [6.07, 6.45) is -4.55. The number of rotatable bonds is 5. The first-order valence-corrected chi connectivity index (χ1v) is 9.03. The predicted octanol–water partition coefficient (Wildman–Crippen LogP) is 1.96. The van der Waals surface area contributed by atoms with Crippen molar-refractivity contribution < 1.29 is 27.8 Å². The summed E-state index contributed by atoms with van der Waals surface area (Å²) in [6.45, 7) is 2.12. The molecule has 1 saturated heterocycles. The van der Waals surface area contributed by atoms with Crippen molar-refractivity contribution in [1.29, 1.82) is 0 Å². The van der Waals surface area contributed by atoms with E-state index in [1.807, 2.05) is 4.90 Å². The molecule has 0 saturated carbocycles. The second-order valence-electron chi connectivity index (χ2n) is 6.75. The summed E-state index contributed by atoms with van der Waals surface area (Å²) in [6, 6.07) is 11.3. The van der Waals surface area contributed by atoms with Crippen molar-refractivity contribution in [2.24, 2.45) is 0 Å². The van der Waals surface area contributed by atoms with Crippen molar-refractivity contribution in [2.45, 2.75) is 6.18 Å². The first-order valence-electron chi connectivity index (χ1n) is 9.03. The number of para-hydroxylation sites is 3. The SMILES string of the molecule is O=C(C[NH+]1CCN(c2ccccc2[N+](=O)[O-])CC1)Nc1ccccc1C(F)(F)F. The zero-order chi connectivity index (χ0) is 21.0. The van der Waals surface area contributed by atoms with Crippen molar-refractivity contribution in [3.63, 3.8) is 0 Å². The van der Waals surface area contributed by atoms with Crippen LogP contribution in [0, 0.1) is 10.1 Å². The van der Waals surface area contributed by atoms with Gasteiger partial charge in [-0.1, -0.05) is 24.3 Å². The van der Waals surface area contributed by atoms with Gasteiger partial charge in [0.25, 0.3) is 11.6 Å². The van der Waals surface area contributed by atoms with Crippen LogP contribution in [0.3, 0.4) is 0 Å². The number of benzene rings is 2. The lowest BCUT2D eigenvalue weighted by Gasteiger charge is -2.33. The lowest BCUT2D eigenvalue weighted by molar-refractivity contribution is -0.892. The third kappa shape index (κ3) is 5.02. The molecule has 0 bridgehead atoms. The Morgan fingerprint density at radius 2 is 1.72 bits per heavy atom. The van der Waals surface area contributed by atoms with Gasteiger partial charge in [-0.05, 0) is 18.2 Å². The Hall–Kier alpha value is -3.14. The number of alkyl halides is 3. The van der Waals surface area contributed by atoms with Crippen molar-refractivity contribution in [3.05, 3.63) is 64.2 Å². The molecule has 3 rings (SSSR count). The lowest BCUT2D eigenvalue weighted by atomic mass is 10.1. The van der Waals surface area contributed by atoms with Crippen LogP contribution in [-0.2, 0) is 11.0 Å². The highest BCUT2D eigenvalue weighted by Gasteiger charge is 2.34. The van der Waals surface area contributed by atoms with Crippen LogP contribution in [0.2, 0.25) is 0 Å². The average molecular weight is 409 g/mol. The van der Waals surface area contributed by atoms with Crippen LogP contribution in [0.25, 0.3) is 0 Å². The standard InChI is InChI=1S/C19H19F3N4O3/c20-19(21,22)14-5-1-2-6-15(14)23-18(27)13-24-9-11-25(12-10-24)16-7-3-4-8-17(16)26(28)29/h1-8H,9-13H2,(H,23,27)/p+1. The second kappa shape index (κ2) is 8.48. The first kappa shape index (κ1) is 20.6. The summed E-state index contributed by atoms with van der Waals surface area (Å²) >= 11 is 0. The van der Waals surface area contributed by atoms with Gasteiger partial charge in [0.05, 0.1) is 42.4 Å². The van der Waals surface area contributed by atoms with Gasteiger partial charge >= 0.3 is 6.18 Å². The molecule has 29 heavy (non-hydrogen) atoms. The monoisotopic (exact) mass is 409 g/mol. The van der Waals surface area contributed by atoms with Crippen LogP contribution in [0.15, 0.2) is 48.5 Å². The molecule has 0 spiro atoms. The molecule has 1 amide bonds. The van der Waals surface area contributed by atoms with Crippen LogP contribution in [0.1, 0.15) is 5.56 Å². The number of hydrogen-bond donors (Lipinski definition) is 2. The smallest absolute Gasteiger partial charge is 0.355 e. The number of quaternary nitrogens is 1. The number of nitro benzene ring substituents is 1. The molecule has 0 unspecified atom stereocenters. The van der Waals surface area contributed by atoms with Gasteiger partial charge in [-0.2, -0.15) is 13.2 Å². The van der Waals surface area contributed by atoms with Gasteiger partial charge in [0.2, 0.25) is 0 Å². The van der Waals surface area contributed by atoms with E-state index in [0.717, 1.165) is 11.0 Å². The number of hydrogen-bond acceptors (Lipinski definition) is 4. The molecule has 0 radical (unpaired) electrons. The quantitative estimate of drug-likeness (QED) is 0.585. The number of nitro groups is 1. The molecule has 0 aliphatic carbocycles. The van der Waals surface area contributed by atoms with E-state index in [2.05, 4.69) is 5.32 Å².